The van der Waals surface area contributed by atoms with Crippen LogP contribution in [0.1, 0.15) is 33.3 Å². The number of hydrogen-bond acceptors (Lipinski definition) is 6. The van der Waals surface area contributed by atoms with Crippen molar-refractivity contribution in [1.82, 2.24) is 10.2 Å². The molecule has 40 heavy (non-hydrogen) atoms. The predicted molar refractivity (Wildman–Crippen MR) is 155 cm³/mol. The van der Waals surface area contributed by atoms with Crippen molar-refractivity contribution in [3.8, 4) is 11.5 Å². The van der Waals surface area contributed by atoms with Gasteiger partial charge in [0.2, 0.25) is 11.8 Å². The highest BCUT2D eigenvalue weighted by Gasteiger charge is 2.34. The fraction of sp³-hybridized carbons (Fsp3) is 0.333. The van der Waals surface area contributed by atoms with Crippen LogP contribution in [0, 0.1) is 0 Å². The molecule has 3 rings (SSSR count). The van der Waals surface area contributed by atoms with E-state index in [1.165, 1.54) is 24.1 Å². The summed E-state index contributed by atoms with van der Waals surface area (Å²) in [5.74, 6) is 0.0217. The molecule has 0 aromatic heterocycles. The molecule has 0 fully saturated rings. The van der Waals surface area contributed by atoms with E-state index in [1.54, 1.807) is 80.8 Å². The zero-order valence-electron chi connectivity index (χ0n) is 23.7. The Morgan fingerprint density at radius 2 is 1.48 bits per heavy atom. The molecule has 0 saturated carbocycles. The standard InChI is InChI=1S/C30H37N3O6S/c1-22(29(35)31-30(2,3)4)32(20-23-16-18-24(38-5)19-17-23)28(34)21-33(26-14-10-11-15-27(26)39-6)40(36,37)25-12-8-7-9-13-25/h7-19,22H,20-21H2,1-6H3,(H,31,35)/t22-/m1/s1. The maximum atomic E-state index is 14.0. The van der Waals surface area contributed by atoms with Crippen molar-refractivity contribution < 1.29 is 27.5 Å². The molecule has 0 aliphatic heterocycles. The van der Waals surface area contributed by atoms with E-state index in [-0.39, 0.29) is 28.8 Å². The highest BCUT2D eigenvalue weighted by Crippen LogP contribution is 2.32. The van der Waals surface area contributed by atoms with Gasteiger partial charge in [-0.05, 0) is 69.7 Å². The maximum absolute atomic E-state index is 14.0. The maximum Gasteiger partial charge on any atom is 0.264 e. The molecule has 214 valence electrons. The Balaban J connectivity index is 2.05. The summed E-state index contributed by atoms with van der Waals surface area (Å²) in [4.78, 5) is 28.6. The fourth-order valence-electron chi connectivity index (χ4n) is 4.05. The summed E-state index contributed by atoms with van der Waals surface area (Å²) in [7, 11) is -1.19. The van der Waals surface area contributed by atoms with Crippen molar-refractivity contribution in [3.05, 3.63) is 84.4 Å². The van der Waals surface area contributed by atoms with E-state index in [0.717, 1.165) is 9.87 Å². The third-order valence-electron chi connectivity index (χ3n) is 6.14. The first kappa shape index (κ1) is 30.5. The lowest BCUT2D eigenvalue weighted by Crippen LogP contribution is -2.54. The van der Waals surface area contributed by atoms with Crippen molar-refractivity contribution in [2.75, 3.05) is 25.1 Å². The Kier molecular flexibility index (Phi) is 9.81. The third-order valence-corrected chi connectivity index (χ3v) is 7.92. The van der Waals surface area contributed by atoms with Gasteiger partial charge in [-0.3, -0.25) is 13.9 Å². The number of methoxy groups -OCH3 is 2. The minimum absolute atomic E-state index is 0.0222. The van der Waals surface area contributed by atoms with Crippen molar-refractivity contribution in [2.45, 2.75) is 50.7 Å². The van der Waals surface area contributed by atoms with Crippen molar-refractivity contribution in [2.24, 2.45) is 0 Å². The van der Waals surface area contributed by atoms with Gasteiger partial charge in [0.25, 0.3) is 10.0 Å². The number of nitrogens with zero attached hydrogens (tertiary/aromatic N) is 2. The van der Waals surface area contributed by atoms with Crippen molar-refractivity contribution in [1.29, 1.82) is 0 Å². The fourth-order valence-corrected chi connectivity index (χ4v) is 5.50. The average Bonchev–Trinajstić information content (AvgIpc) is 2.94. The number of ether oxygens (including phenoxy) is 2. The van der Waals surface area contributed by atoms with Crippen LogP contribution in [0.2, 0.25) is 0 Å². The molecule has 9 nitrogen and oxygen atoms in total. The summed E-state index contributed by atoms with van der Waals surface area (Å²) in [5, 5.41) is 2.91. The van der Waals surface area contributed by atoms with Crippen LogP contribution >= 0.6 is 0 Å². The van der Waals surface area contributed by atoms with Gasteiger partial charge in [-0.15, -0.1) is 0 Å². The lowest BCUT2D eigenvalue weighted by molar-refractivity contribution is -0.140. The quantitative estimate of drug-likeness (QED) is 0.372. The second kappa shape index (κ2) is 12.9. The lowest BCUT2D eigenvalue weighted by atomic mass is 10.1. The molecule has 1 atom stereocenters. The van der Waals surface area contributed by atoms with Gasteiger partial charge in [0.15, 0.2) is 0 Å². The number of amides is 2. The number of sulfonamides is 1. The van der Waals surface area contributed by atoms with Crippen LogP contribution in [0.4, 0.5) is 5.69 Å². The zero-order chi connectivity index (χ0) is 29.5. The average molecular weight is 568 g/mol. The largest absolute Gasteiger partial charge is 0.497 e. The smallest absolute Gasteiger partial charge is 0.264 e. The number of carbonyl (C=O) groups excluding carboxylic acids is 2. The highest BCUT2D eigenvalue weighted by atomic mass is 32.2. The molecular weight excluding hydrogens is 530 g/mol. The SMILES string of the molecule is COc1ccc(CN(C(=O)CN(c2ccccc2OC)S(=O)(=O)c2ccccc2)[C@H](C)C(=O)NC(C)(C)C)cc1. The van der Waals surface area contributed by atoms with Gasteiger partial charge in [0, 0.05) is 12.1 Å². The molecule has 0 radical (unpaired) electrons. The van der Waals surface area contributed by atoms with Crippen molar-refractivity contribution >= 4 is 27.5 Å². The van der Waals surface area contributed by atoms with Gasteiger partial charge in [-0.2, -0.15) is 0 Å². The summed E-state index contributed by atoms with van der Waals surface area (Å²) < 4.78 is 39.5. The van der Waals surface area contributed by atoms with Crippen LogP contribution in [0.3, 0.4) is 0 Å². The number of nitrogens with one attached hydrogen (secondary N) is 1. The monoisotopic (exact) mass is 567 g/mol. The van der Waals surface area contributed by atoms with Gasteiger partial charge in [0.05, 0.1) is 24.8 Å². The van der Waals surface area contributed by atoms with Crippen LogP contribution in [-0.4, -0.2) is 57.5 Å². The number of carbonyl (C=O) groups is 2. The molecule has 0 aliphatic rings. The Bertz CT molecular complexity index is 1400. The van der Waals surface area contributed by atoms with Crippen LogP contribution in [0.5, 0.6) is 11.5 Å². The molecule has 0 unspecified atom stereocenters. The van der Waals surface area contributed by atoms with E-state index in [1.807, 2.05) is 20.8 Å². The van der Waals surface area contributed by atoms with Crippen LogP contribution in [0.15, 0.2) is 83.8 Å². The Morgan fingerprint density at radius 3 is 2.05 bits per heavy atom. The van der Waals surface area contributed by atoms with E-state index in [0.29, 0.717) is 5.75 Å². The van der Waals surface area contributed by atoms with E-state index < -0.39 is 34.1 Å². The summed E-state index contributed by atoms with van der Waals surface area (Å²) in [5.41, 5.74) is 0.429. The molecule has 0 bridgehead atoms. The van der Waals surface area contributed by atoms with E-state index in [4.69, 9.17) is 9.47 Å². The molecule has 0 saturated heterocycles. The van der Waals surface area contributed by atoms with Crippen LogP contribution in [0.25, 0.3) is 0 Å². The number of rotatable bonds is 11. The normalized spacial score (nSPS) is 12.2. The van der Waals surface area contributed by atoms with Crippen LogP contribution < -0.4 is 19.1 Å². The van der Waals surface area contributed by atoms with E-state index in [9.17, 15) is 18.0 Å². The third kappa shape index (κ3) is 7.53. The first-order valence-electron chi connectivity index (χ1n) is 12.8. The highest BCUT2D eigenvalue weighted by molar-refractivity contribution is 7.92. The molecule has 3 aromatic rings. The van der Waals surface area contributed by atoms with Crippen LogP contribution in [-0.2, 0) is 26.2 Å². The summed E-state index contributed by atoms with van der Waals surface area (Å²) >= 11 is 0. The minimum atomic E-state index is -4.18. The second-order valence-electron chi connectivity index (χ2n) is 10.3. The van der Waals surface area contributed by atoms with Gasteiger partial charge >= 0.3 is 0 Å². The Labute approximate surface area is 236 Å². The summed E-state index contributed by atoms with van der Waals surface area (Å²) in [6.45, 7) is 6.70. The van der Waals surface area contributed by atoms with Gasteiger partial charge in [-0.1, -0.05) is 42.5 Å². The molecule has 10 heteroatoms. The number of para-hydroxylation sites is 2. The van der Waals surface area contributed by atoms with Gasteiger partial charge in [-0.25, -0.2) is 8.42 Å². The zero-order valence-corrected chi connectivity index (χ0v) is 24.6. The number of hydrogen-bond donors (Lipinski definition) is 1. The number of benzene rings is 3. The second-order valence-corrected chi connectivity index (χ2v) is 12.1. The minimum Gasteiger partial charge on any atom is -0.497 e. The molecular formula is C30H37N3O6S. The molecule has 0 aliphatic carbocycles. The first-order chi connectivity index (χ1) is 18.9. The molecule has 0 heterocycles. The lowest BCUT2D eigenvalue weighted by Gasteiger charge is -2.33. The first-order valence-corrected chi connectivity index (χ1v) is 14.3. The predicted octanol–water partition coefficient (Wildman–Crippen LogP) is 4.23. The topological polar surface area (TPSA) is 105 Å². The molecule has 2 amide bonds. The van der Waals surface area contributed by atoms with E-state index >= 15 is 0 Å². The number of anilines is 1. The Morgan fingerprint density at radius 1 is 0.875 bits per heavy atom. The molecule has 3 aromatic carbocycles. The molecule has 1 N–H and O–H groups in total. The molecule has 0 spiro atoms. The van der Waals surface area contributed by atoms with Gasteiger partial charge in [0.1, 0.15) is 24.1 Å². The summed E-state index contributed by atoms with van der Waals surface area (Å²) in [6.07, 6.45) is 0. The summed E-state index contributed by atoms with van der Waals surface area (Å²) in [6, 6.07) is 20.7. The van der Waals surface area contributed by atoms with Gasteiger partial charge < -0.3 is 19.7 Å². The van der Waals surface area contributed by atoms with Crippen molar-refractivity contribution in [3.63, 3.8) is 0 Å². The van der Waals surface area contributed by atoms with E-state index in [2.05, 4.69) is 5.32 Å². The Hall–Kier alpha value is -4.05.